The Balaban J connectivity index is 1.82. The molecule has 1 aliphatic heterocycles. The van der Waals surface area contributed by atoms with Gasteiger partial charge < -0.3 is 19.9 Å². The average Bonchev–Trinajstić information content (AvgIpc) is 2.86. The van der Waals surface area contributed by atoms with Crippen LogP contribution in [0.2, 0.25) is 0 Å². The summed E-state index contributed by atoms with van der Waals surface area (Å²) >= 11 is 1.37. The molecule has 114 valence electrons. The minimum Gasteiger partial charge on any atom is -0.478 e. The van der Waals surface area contributed by atoms with Crippen molar-refractivity contribution in [3.8, 4) is 0 Å². The summed E-state index contributed by atoms with van der Waals surface area (Å²) in [5, 5.41) is 12.6. The third kappa shape index (κ3) is 2.95. The standard InChI is InChI=1S/C14H17NO5S/c16-12(9-7-19-5-6-20-9)15-13-11(14(17)18)8-3-1-2-4-10(8)21-13/h9H,1-7H2,(H,15,16)(H,17,18). The lowest BCUT2D eigenvalue weighted by atomic mass is 9.95. The number of aryl methyl sites for hydroxylation is 1. The lowest BCUT2D eigenvalue weighted by molar-refractivity contribution is -0.142. The van der Waals surface area contributed by atoms with Crippen LogP contribution in [0.1, 0.15) is 33.6 Å². The maximum atomic E-state index is 12.2. The first-order valence-corrected chi connectivity index (χ1v) is 7.86. The molecule has 0 bridgehead atoms. The molecule has 1 atom stereocenters. The molecule has 2 heterocycles. The van der Waals surface area contributed by atoms with E-state index in [0.717, 1.165) is 36.1 Å². The van der Waals surface area contributed by atoms with Gasteiger partial charge in [0.25, 0.3) is 5.91 Å². The quantitative estimate of drug-likeness (QED) is 0.887. The summed E-state index contributed by atoms with van der Waals surface area (Å²) in [5.41, 5.74) is 1.13. The largest absolute Gasteiger partial charge is 0.478 e. The van der Waals surface area contributed by atoms with Gasteiger partial charge in [-0.05, 0) is 31.2 Å². The minimum atomic E-state index is -0.981. The summed E-state index contributed by atoms with van der Waals surface area (Å²) in [6.45, 7) is 1.07. The maximum absolute atomic E-state index is 12.2. The molecule has 1 aromatic rings. The van der Waals surface area contributed by atoms with Gasteiger partial charge in [0.15, 0.2) is 6.10 Å². The molecule has 0 saturated carbocycles. The molecule has 1 amide bonds. The summed E-state index contributed by atoms with van der Waals surface area (Å²) in [7, 11) is 0. The molecule has 1 aliphatic carbocycles. The molecule has 1 fully saturated rings. The number of nitrogens with one attached hydrogen (secondary N) is 1. The van der Waals surface area contributed by atoms with Crippen LogP contribution in [0.5, 0.6) is 0 Å². The van der Waals surface area contributed by atoms with E-state index in [9.17, 15) is 14.7 Å². The highest BCUT2D eigenvalue weighted by atomic mass is 32.1. The van der Waals surface area contributed by atoms with Crippen molar-refractivity contribution in [3.63, 3.8) is 0 Å². The molecule has 6 nitrogen and oxygen atoms in total. The van der Waals surface area contributed by atoms with Crippen LogP contribution in [0.3, 0.4) is 0 Å². The van der Waals surface area contributed by atoms with Gasteiger partial charge in [-0.2, -0.15) is 0 Å². The van der Waals surface area contributed by atoms with Gasteiger partial charge in [-0.3, -0.25) is 4.79 Å². The first-order chi connectivity index (χ1) is 10.2. The van der Waals surface area contributed by atoms with Gasteiger partial charge in [0.05, 0.1) is 25.4 Å². The van der Waals surface area contributed by atoms with Gasteiger partial charge in [0, 0.05) is 4.88 Å². The number of aromatic carboxylic acids is 1. The topological polar surface area (TPSA) is 84.9 Å². The average molecular weight is 311 g/mol. The fourth-order valence-electron chi connectivity index (χ4n) is 2.71. The number of carboxylic acids is 1. The zero-order valence-electron chi connectivity index (χ0n) is 11.5. The molecule has 7 heteroatoms. The van der Waals surface area contributed by atoms with Gasteiger partial charge >= 0.3 is 5.97 Å². The first kappa shape index (κ1) is 14.5. The number of rotatable bonds is 3. The van der Waals surface area contributed by atoms with Crippen molar-refractivity contribution < 1.29 is 24.2 Å². The Morgan fingerprint density at radius 3 is 2.76 bits per heavy atom. The number of carbonyl (C=O) groups is 2. The van der Waals surface area contributed by atoms with Crippen LogP contribution in [0.4, 0.5) is 5.00 Å². The van der Waals surface area contributed by atoms with E-state index in [4.69, 9.17) is 9.47 Å². The Bertz CT molecular complexity index is 562. The van der Waals surface area contributed by atoms with Crippen molar-refractivity contribution in [1.29, 1.82) is 0 Å². The molecule has 3 rings (SSSR count). The molecule has 2 aliphatic rings. The number of carboxylic acid groups (broad SMARTS) is 1. The highest BCUT2D eigenvalue weighted by Gasteiger charge is 2.29. The number of thiophene rings is 1. The predicted octanol–water partition coefficient (Wildman–Crippen LogP) is 1.68. The van der Waals surface area contributed by atoms with Crippen molar-refractivity contribution in [1.82, 2.24) is 0 Å². The number of ether oxygens (including phenoxy) is 2. The smallest absolute Gasteiger partial charge is 0.339 e. The van der Waals surface area contributed by atoms with Crippen LogP contribution in [0.15, 0.2) is 0 Å². The fourth-order valence-corrected chi connectivity index (χ4v) is 4.00. The van der Waals surface area contributed by atoms with Crippen LogP contribution in [0.25, 0.3) is 0 Å². The first-order valence-electron chi connectivity index (χ1n) is 7.05. The summed E-state index contributed by atoms with van der Waals surface area (Å²) in [6.07, 6.45) is 3.06. The second-order valence-electron chi connectivity index (χ2n) is 5.14. The van der Waals surface area contributed by atoms with Crippen LogP contribution < -0.4 is 5.32 Å². The van der Waals surface area contributed by atoms with Crippen molar-refractivity contribution in [2.24, 2.45) is 0 Å². The number of hydrogen-bond donors (Lipinski definition) is 2. The van der Waals surface area contributed by atoms with Crippen LogP contribution >= 0.6 is 11.3 Å². The lowest BCUT2D eigenvalue weighted by Crippen LogP contribution is -2.39. The molecule has 2 N–H and O–H groups in total. The SMILES string of the molecule is O=C(O)c1c(NC(=O)C2COCCO2)sc2c1CCCC2. The summed E-state index contributed by atoms with van der Waals surface area (Å²) in [6, 6.07) is 0. The molecular weight excluding hydrogens is 294 g/mol. The van der Waals surface area contributed by atoms with Crippen molar-refractivity contribution in [2.75, 3.05) is 25.1 Å². The van der Waals surface area contributed by atoms with Crippen LogP contribution in [-0.2, 0) is 27.1 Å². The van der Waals surface area contributed by atoms with E-state index in [1.807, 2.05) is 0 Å². The normalized spacial score (nSPS) is 21.6. The number of carbonyl (C=O) groups excluding carboxylic acids is 1. The maximum Gasteiger partial charge on any atom is 0.339 e. The van der Waals surface area contributed by atoms with E-state index in [1.54, 1.807) is 0 Å². The number of anilines is 1. The molecular formula is C14H17NO5S. The third-order valence-corrected chi connectivity index (χ3v) is 4.94. The van der Waals surface area contributed by atoms with Crippen LogP contribution in [0, 0.1) is 0 Å². The second-order valence-corrected chi connectivity index (χ2v) is 6.25. The third-order valence-electron chi connectivity index (χ3n) is 3.73. The second kappa shape index (κ2) is 6.13. The highest BCUT2D eigenvalue weighted by Crippen LogP contribution is 2.38. The minimum absolute atomic E-state index is 0.208. The monoisotopic (exact) mass is 311 g/mol. The van der Waals surface area contributed by atoms with Gasteiger partial charge in [-0.15, -0.1) is 11.3 Å². The molecule has 0 radical (unpaired) electrons. The van der Waals surface area contributed by atoms with E-state index in [0.29, 0.717) is 18.2 Å². The molecule has 0 aromatic carbocycles. The Hall–Kier alpha value is -1.44. The Morgan fingerprint density at radius 1 is 1.24 bits per heavy atom. The van der Waals surface area contributed by atoms with E-state index < -0.39 is 12.1 Å². The lowest BCUT2D eigenvalue weighted by Gasteiger charge is -2.21. The van der Waals surface area contributed by atoms with Gasteiger partial charge in [-0.1, -0.05) is 0 Å². The zero-order chi connectivity index (χ0) is 14.8. The van der Waals surface area contributed by atoms with E-state index in [-0.39, 0.29) is 18.1 Å². The Morgan fingerprint density at radius 2 is 2.05 bits per heavy atom. The molecule has 1 saturated heterocycles. The van der Waals surface area contributed by atoms with Crippen molar-refractivity contribution >= 4 is 28.2 Å². The van der Waals surface area contributed by atoms with E-state index >= 15 is 0 Å². The fraction of sp³-hybridized carbons (Fsp3) is 0.571. The summed E-state index contributed by atoms with van der Waals surface area (Å²) in [4.78, 5) is 24.7. The zero-order valence-corrected chi connectivity index (χ0v) is 12.3. The Labute approximate surface area is 126 Å². The molecule has 0 spiro atoms. The van der Waals surface area contributed by atoms with Gasteiger partial charge in [0.2, 0.25) is 0 Å². The van der Waals surface area contributed by atoms with E-state index in [1.165, 1.54) is 11.3 Å². The molecule has 21 heavy (non-hydrogen) atoms. The number of hydrogen-bond acceptors (Lipinski definition) is 5. The molecule has 1 aromatic heterocycles. The van der Waals surface area contributed by atoms with Crippen molar-refractivity contribution in [2.45, 2.75) is 31.8 Å². The molecule has 1 unspecified atom stereocenters. The van der Waals surface area contributed by atoms with Crippen LogP contribution in [-0.4, -0.2) is 42.9 Å². The Kier molecular flexibility index (Phi) is 4.23. The summed E-state index contributed by atoms with van der Waals surface area (Å²) in [5.74, 6) is -1.32. The summed E-state index contributed by atoms with van der Waals surface area (Å²) < 4.78 is 10.5. The number of amides is 1. The van der Waals surface area contributed by atoms with Gasteiger partial charge in [-0.25, -0.2) is 4.79 Å². The predicted molar refractivity (Wildman–Crippen MR) is 77.1 cm³/mol. The van der Waals surface area contributed by atoms with E-state index in [2.05, 4.69) is 5.32 Å². The van der Waals surface area contributed by atoms with Gasteiger partial charge in [0.1, 0.15) is 5.00 Å². The highest BCUT2D eigenvalue weighted by molar-refractivity contribution is 7.17. The van der Waals surface area contributed by atoms with Crippen molar-refractivity contribution in [3.05, 3.63) is 16.0 Å². The number of fused-ring (bicyclic) bond motifs is 1.